The van der Waals surface area contributed by atoms with Crippen LogP contribution in [0.1, 0.15) is 17.2 Å². The molecule has 1 amide bonds. The Hall–Kier alpha value is -1.10. The first-order valence-corrected chi connectivity index (χ1v) is 6.91. The summed E-state index contributed by atoms with van der Waals surface area (Å²) in [6.45, 7) is 1.32. The van der Waals surface area contributed by atoms with Crippen molar-refractivity contribution in [2.75, 3.05) is 19.8 Å². The fourth-order valence-electron chi connectivity index (χ4n) is 2.60. The number of carbonyl (C=O) groups excluding carboxylic acids is 1. The molecule has 0 spiro atoms. The molecule has 1 aromatic carbocycles. The quantitative estimate of drug-likeness (QED) is 0.834. The summed E-state index contributed by atoms with van der Waals surface area (Å²) < 4.78 is 10.6. The molecule has 102 valence electrons. The Bertz CT molecular complexity index is 474. The second kappa shape index (κ2) is 5.49. The van der Waals surface area contributed by atoms with Crippen molar-refractivity contribution in [3.63, 3.8) is 0 Å². The molecule has 3 atom stereocenters. The average molecular weight is 282 g/mol. The number of carbonyl (C=O) groups is 1. The summed E-state index contributed by atoms with van der Waals surface area (Å²) in [6, 6.07) is 7.88. The maximum atomic E-state index is 12.1. The van der Waals surface area contributed by atoms with E-state index >= 15 is 0 Å². The topological polar surface area (TPSA) is 47.6 Å². The van der Waals surface area contributed by atoms with Gasteiger partial charge in [-0.2, -0.15) is 0 Å². The van der Waals surface area contributed by atoms with E-state index in [-0.39, 0.29) is 17.3 Å². The van der Waals surface area contributed by atoms with Gasteiger partial charge in [-0.1, -0.05) is 24.3 Å². The first kappa shape index (κ1) is 12.9. The fourth-order valence-corrected chi connectivity index (χ4v) is 2.96. The van der Waals surface area contributed by atoms with Gasteiger partial charge in [0, 0.05) is 0 Å². The summed E-state index contributed by atoms with van der Waals surface area (Å²) in [5.41, 5.74) is 2.31. The molecular weight excluding hydrogens is 266 g/mol. The number of alkyl halides is 1. The highest BCUT2D eigenvalue weighted by Crippen LogP contribution is 2.34. The van der Waals surface area contributed by atoms with Crippen molar-refractivity contribution in [1.29, 1.82) is 0 Å². The number of ether oxygens (including phenoxy) is 2. The number of amides is 1. The predicted molar refractivity (Wildman–Crippen MR) is 71.2 cm³/mol. The van der Waals surface area contributed by atoms with Crippen LogP contribution in [0.3, 0.4) is 0 Å². The molecule has 1 aliphatic heterocycles. The Balaban J connectivity index is 1.71. The molecule has 1 fully saturated rings. The van der Waals surface area contributed by atoms with E-state index in [0.29, 0.717) is 19.8 Å². The van der Waals surface area contributed by atoms with Gasteiger partial charge in [0.2, 0.25) is 0 Å². The van der Waals surface area contributed by atoms with Crippen LogP contribution >= 0.6 is 11.6 Å². The number of nitrogens with one attached hydrogen (secondary N) is 1. The molecule has 1 N–H and O–H groups in total. The van der Waals surface area contributed by atoms with Crippen molar-refractivity contribution >= 4 is 17.5 Å². The smallest absolute Gasteiger partial charge is 0.252 e. The fraction of sp³-hybridized carbons (Fsp3) is 0.500. The molecule has 0 saturated carbocycles. The summed E-state index contributed by atoms with van der Waals surface area (Å²) in [4.78, 5) is 12.1. The molecule has 2 aliphatic rings. The number of rotatable bonds is 2. The van der Waals surface area contributed by atoms with Gasteiger partial charge in [-0.3, -0.25) is 4.79 Å². The van der Waals surface area contributed by atoms with Crippen LogP contribution in [-0.2, 0) is 20.7 Å². The standard InChI is InChI=1S/C14H16ClNO3/c15-11-7-9-3-1-2-4-10(9)13(11)16-14(17)12-8-18-5-6-19-12/h1-4,11-13H,5-8H2,(H,16,17). The molecule has 1 heterocycles. The Morgan fingerprint density at radius 2 is 2.16 bits per heavy atom. The van der Waals surface area contributed by atoms with Gasteiger partial charge in [0.1, 0.15) is 0 Å². The molecule has 1 aliphatic carbocycles. The third-order valence-corrected chi connectivity index (χ3v) is 3.98. The van der Waals surface area contributed by atoms with Crippen LogP contribution in [-0.4, -0.2) is 37.2 Å². The highest BCUT2D eigenvalue weighted by Gasteiger charge is 2.34. The molecule has 0 radical (unpaired) electrons. The average Bonchev–Trinajstić information content (AvgIpc) is 2.76. The van der Waals surface area contributed by atoms with E-state index in [1.165, 1.54) is 5.56 Å². The number of hydrogen-bond acceptors (Lipinski definition) is 3. The maximum absolute atomic E-state index is 12.1. The summed E-state index contributed by atoms with van der Waals surface area (Å²) in [5.74, 6) is -0.146. The Morgan fingerprint density at radius 3 is 2.95 bits per heavy atom. The number of hydrogen-bond donors (Lipinski definition) is 1. The molecule has 3 rings (SSSR count). The number of benzene rings is 1. The van der Waals surface area contributed by atoms with Gasteiger partial charge in [-0.25, -0.2) is 0 Å². The normalized spacial score (nSPS) is 29.8. The van der Waals surface area contributed by atoms with Crippen molar-refractivity contribution in [3.05, 3.63) is 35.4 Å². The minimum absolute atomic E-state index is 0.106. The van der Waals surface area contributed by atoms with Crippen molar-refractivity contribution in [2.45, 2.75) is 23.9 Å². The Kier molecular flexibility index (Phi) is 3.73. The third kappa shape index (κ3) is 2.61. The predicted octanol–water partition coefficient (Wildman–Crippen LogP) is 1.42. The zero-order valence-electron chi connectivity index (χ0n) is 10.5. The molecule has 0 aromatic heterocycles. The molecule has 3 unspecified atom stereocenters. The van der Waals surface area contributed by atoms with Crippen LogP contribution in [0.4, 0.5) is 0 Å². The van der Waals surface area contributed by atoms with Crippen molar-refractivity contribution in [1.82, 2.24) is 5.32 Å². The lowest BCUT2D eigenvalue weighted by molar-refractivity contribution is -0.148. The minimum atomic E-state index is -0.523. The molecular formula is C14H16ClNO3. The summed E-state index contributed by atoms with van der Waals surface area (Å²) >= 11 is 6.34. The SMILES string of the molecule is O=C(NC1c2ccccc2CC1Cl)C1COCCO1. The van der Waals surface area contributed by atoms with E-state index < -0.39 is 6.10 Å². The van der Waals surface area contributed by atoms with Gasteiger partial charge in [-0.15, -0.1) is 11.6 Å². The second-order valence-electron chi connectivity index (χ2n) is 4.84. The van der Waals surface area contributed by atoms with Crippen molar-refractivity contribution < 1.29 is 14.3 Å². The highest BCUT2D eigenvalue weighted by molar-refractivity contribution is 6.21. The van der Waals surface area contributed by atoms with Gasteiger partial charge in [-0.05, 0) is 17.5 Å². The van der Waals surface area contributed by atoms with E-state index in [1.54, 1.807) is 0 Å². The Morgan fingerprint density at radius 1 is 1.32 bits per heavy atom. The molecule has 4 nitrogen and oxygen atoms in total. The van der Waals surface area contributed by atoms with Crippen LogP contribution in [0.25, 0.3) is 0 Å². The van der Waals surface area contributed by atoms with E-state index in [2.05, 4.69) is 11.4 Å². The van der Waals surface area contributed by atoms with Crippen molar-refractivity contribution in [2.24, 2.45) is 0 Å². The van der Waals surface area contributed by atoms with Crippen LogP contribution in [0, 0.1) is 0 Å². The van der Waals surface area contributed by atoms with Crippen LogP contribution in [0.2, 0.25) is 0 Å². The lowest BCUT2D eigenvalue weighted by atomic mass is 10.1. The zero-order valence-corrected chi connectivity index (χ0v) is 11.2. The van der Waals surface area contributed by atoms with Gasteiger partial charge in [0.15, 0.2) is 6.10 Å². The monoisotopic (exact) mass is 281 g/mol. The van der Waals surface area contributed by atoms with Gasteiger partial charge >= 0.3 is 0 Å². The minimum Gasteiger partial charge on any atom is -0.376 e. The van der Waals surface area contributed by atoms with Gasteiger partial charge in [0.05, 0.1) is 31.2 Å². The van der Waals surface area contributed by atoms with Crippen molar-refractivity contribution in [3.8, 4) is 0 Å². The number of fused-ring (bicyclic) bond motifs is 1. The molecule has 5 heteroatoms. The second-order valence-corrected chi connectivity index (χ2v) is 5.40. The summed E-state index contributed by atoms with van der Waals surface area (Å²) in [6.07, 6.45) is 0.260. The van der Waals surface area contributed by atoms with Gasteiger partial charge in [0.25, 0.3) is 5.91 Å². The van der Waals surface area contributed by atoms with E-state index in [1.807, 2.05) is 18.2 Å². The van der Waals surface area contributed by atoms with E-state index in [9.17, 15) is 4.79 Å². The summed E-state index contributed by atoms with van der Waals surface area (Å²) in [7, 11) is 0. The lowest BCUT2D eigenvalue weighted by Gasteiger charge is -2.25. The lowest BCUT2D eigenvalue weighted by Crippen LogP contribution is -2.45. The summed E-state index contributed by atoms with van der Waals surface area (Å²) in [5, 5.41) is 2.87. The van der Waals surface area contributed by atoms with Gasteiger partial charge < -0.3 is 14.8 Å². The molecule has 1 saturated heterocycles. The van der Waals surface area contributed by atoms with E-state index in [4.69, 9.17) is 21.1 Å². The first-order valence-electron chi connectivity index (χ1n) is 6.47. The molecule has 19 heavy (non-hydrogen) atoms. The maximum Gasteiger partial charge on any atom is 0.252 e. The largest absolute Gasteiger partial charge is 0.376 e. The van der Waals surface area contributed by atoms with E-state index in [0.717, 1.165) is 12.0 Å². The number of halogens is 1. The molecule has 0 bridgehead atoms. The zero-order chi connectivity index (χ0) is 13.2. The Labute approximate surface area is 117 Å². The van der Waals surface area contributed by atoms with Crippen LogP contribution in [0.5, 0.6) is 0 Å². The van der Waals surface area contributed by atoms with Crippen LogP contribution in [0.15, 0.2) is 24.3 Å². The highest BCUT2D eigenvalue weighted by atomic mass is 35.5. The van der Waals surface area contributed by atoms with Crippen LogP contribution < -0.4 is 5.32 Å². The molecule has 1 aromatic rings. The first-order chi connectivity index (χ1) is 9.25. The third-order valence-electron chi connectivity index (χ3n) is 3.57.